The molecule has 0 bridgehead atoms. The molecule has 0 unspecified atom stereocenters. The normalized spacial score (nSPS) is 10.5. The maximum Gasteiger partial charge on any atom is 0.264 e. The fraction of sp³-hybridized carbons (Fsp3) is 0.158. The third-order valence-corrected chi connectivity index (χ3v) is 4.41. The van der Waals surface area contributed by atoms with E-state index < -0.39 is 0 Å². The van der Waals surface area contributed by atoms with Crippen LogP contribution in [0.1, 0.15) is 27.3 Å². The Bertz CT molecular complexity index is 1090. The molecule has 0 aliphatic rings. The fourth-order valence-corrected chi connectivity index (χ4v) is 3.07. The van der Waals surface area contributed by atoms with Crippen LogP contribution in [0.5, 0.6) is 0 Å². The van der Waals surface area contributed by atoms with Crippen LogP contribution in [-0.4, -0.2) is 20.5 Å². The first kappa shape index (κ1) is 17.6. The maximum absolute atomic E-state index is 12.9. The van der Waals surface area contributed by atoms with Crippen molar-refractivity contribution in [2.45, 2.75) is 13.3 Å². The smallest absolute Gasteiger partial charge is 0.264 e. The van der Waals surface area contributed by atoms with Crippen LogP contribution in [0.2, 0.25) is 5.02 Å². The molecule has 0 atom stereocenters. The molecule has 7 heteroatoms. The Balaban J connectivity index is 2.14. The third-order valence-electron chi connectivity index (χ3n) is 4.15. The first-order chi connectivity index (χ1) is 12.4. The van der Waals surface area contributed by atoms with Crippen LogP contribution in [0.4, 0.5) is 0 Å². The fourth-order valence-electron chi connectivity index (χ4n) is 2.94. The number of benzene rings is 1. The Morgan fingerprint density at radius 1 is 1.31 bits per heavy atom. The summed E-state index contributed by atoms with van der Waals surface area (Å²) in [5.41, 5.74) is 3.08. The molecule has 3 aromatic rings. The molecule has 6 nitrogen and oxygen atoms in total. The molecule has 0 spiro atoms. The number of carbonyl (C=O) groups is 1. The number of nitrogens with one attached hydrogen (secondary N) is 1. The van der Waals surface area contributed by atoms with Gasteiger partial charge in [0.2, 0.25) is 5.78 Å². The minimum Gasteiger partial charge on any atom is -0.341 e. The Hall–Kier alpha value is -3.17. The summed E-state index contributed by atoms with van der Waals surface area (Å²) in [6.45, 7) is 1.83. The van der Waals surface area contributed by atoms with Gasteiger partial charge in [0.15, 0.2) is 0 Å². The number of hydrogen-bond acceptors (Lipinski definition) is 4. The first-order valence-electron chi connectivity index (χ1n) is 7.85. The van der Waals surface area contributed by atoms with Gasteiger partial charge < -0.3 is 4.57 Å². The maximum atomic E-state index is 12.9. The minimum absolute atomic E-state index is 0.0524. The number of hydrogen-bond donors (Lipinski definition) is 1. The molecule has 26 heavy (non-hydrogen) atoms. The van der Waals surface area contributed by atoms with Crippen LogP contribution in [0, 0.1) is 18.3 Å². The quantitative estimate of drug-likeness (QED) is 0.718. The molecule has 1 N–H and O–H groups in total. The lowest BCUT2D eigenvalue weighted by molar-refractivity contribution is 0.103. The second-order valence-electron chi connectivity index (χ2n) is 5.88. The monoisotopic (exact) mass is 366 g/mol. The van der Waals surface area contributed by atoms with E-state index in [0.29, 0.717) is 33.2 Å². The number of carbonyl (C=O) groups excluding carboxylic acids is 1. The summed E-state index contributed by atoms with van der Waals surface area (Å²) in [4.78, 5) is 24.6. The molecule has 0 radical (unpaired) electrons. The lowest BCUT2D eigenvalue weighted by atomic mass is 10.1. The molecule has 0 saturated heterocycles. The number of aromatic amines is 1. The summed E-state index contributed by atoms with van der Waals surface area (Å²) in [6, 6.07) is 11.9. The molecule has 3 rings (SSSR count). The summed E-state index contributed by atoms with van der Waals surface area (Å²) in [7, 11) is 1.75. The van der Waals surface area contributed by atoms with Gasteiger partial charge in [-0.1, -0.05) is 11.6 Å². The highest BCUT2D eigenvalue weighted by Gasteiger charge is 2.21. The summed E-state index contributed by atoms with van der Waals surface area (Å²) in [5.74, 6) is -0.146. The van der Waals surface area contributed by atoms with E-state index in [1.54, 1.807) is 35.9 Å². The van der Waals surface area contributed by atoms with Gasteiger partial charge >= 0.3 is 0 Å². The number of aromatic nitrogens is 3. The van der Waals surface area contributed by atoms with Gasteiger partial charge in [-0.2, -0.15) is 10.4 Å². The van der Waals surface area contributed by atoms with E-state index in [2.05, 4.69) is 10.2 Å². The molecule has 0 aliphatic heterocycles. The van der Waals surface area contributed by atoms with Gasteiger partial charge in [0.25, 0.3) is 5.56 Å². The molecule has 2 heterocycles. The van der Waals surface area contributed by atoms with E-state index in [1.807, 2.05) is 19.1 Å². The van der Waals surface area contributed by atoms with Crippen molar-refractivity contribution < 1.29 is 4.79 Å². The van der Waals surface area contributed by atoms with Crippen molar-refractivity contribution in [1.82, 2.24) is 14.8 Å². The van der Waals surface area contributed by atoms with Gasteiger partial charge in [-0.15, -0.1) is 0 Å². The van der Waals surface area contributed by atoms with Crippen LogP contribution >= 0.6 is 11.6 Å². The van der Waals surface area contributed by atoms with Crippen molar-refractivity contribution >= 4 is 17.4 Å². The zero-order chi connectivity index (χ0) is 18.8. The van der Waals surface area contributed by atoms with Crippen LogP contribution in [0.25, 0.3) is 11.3 Å². The molecule has 0 fully saturated rings. The zero-order valence-electron chi connectivity index (χ0n) is 14.2. The van der Waals surface area contributed by atoms with Crippen molar-refractivity contribution in [2.75, 3.05) is 0 Å². The number of H-pyrrole nitrogens is 1. The topological polar surface area (TPSA) is 91.5 Å². The SMILES string of the molecule is Cc1cc(-c2cc(=O)[nH]nc2CC#N)n(C)c1C(=O)c1ccc(Cl)cc1. The Kier molecular flexibility index (Phi) is 4.74. The average Bonchev–Trinajstić information content (AvgIpc) is 2.91. The van der Waals surface area contributed by atoms with E-state index in [0.717, 1.165) is 5.56 Å². The molecule has 0 saturated carbocycles. The number of rotatable bonds is 4. The highest BCUT2D eigenvalue weighted by molar-refractivity contribution is 6.30. The molecule has 130 valence electrons. The van der Waals surface area contributed by atoms with Crippen molar-refractivity contribution in [2.24, 2.45) is 7.05 Å². The van der Waals surface area contributed by atoms with Crippen molar-refractivity contribution in [1.29, 1.82) is 5.26 Å². The third kappa shape index (κ3) is 3.17. The van der Waals surface area contributed by atoms with E-state index in [4.69, 9.17) is 16.9 Å². The van der Waals surface area contributed by atoms with Crippen LogP contribution in [0.3, 0.4) is 0 Å². The van der Waals surface area contributed by atoms with Crippen LogP contribution < -0.4 is 5.56 Å². The predicted octanol–water partition coefficient (Wildman–Crippen LogP) is 3.03. The molecule has 2 aromatic heterocycles. The Labute approximate surface area is 154 Å². The van der Waals surface area contributed by atoms with Gasteiger partial charge in [0, 0.05) is 29.3 Å². The second-order valence-corrected chi connectivity index (χ2v) is 6.32. The number of halogens is 1. The van der Waals surface area contributed by atoms with Gasteiger partial charge in [0.1, 0.15) is 0 Å². The molecule has 1 aromatic carbocycles. The van der Waals surface area contributed by atoms with Gasteiger partial charge in [-0.05, 0) is 42.8 Å². The minimum atomic E-state index is -0.369. The average molecular weight is 367 g/mol. The highest BCUT2D eigenvalue weighted by atomic mass is 35.5. The lowest BCUT2D eigenvalue weighted by Gasteiger charge is -2.10. The zero-order valence-corrected chi connectivity index (χ0v) is 15.0. The number of ketones is 1. The molecular weight excluding hydrogens is 352 g/mol. The predicted molar refractivity (Wildman–Crippen MR) is 98.2 cm³/mol. The largest absolute Gasteiger partial charge is 0.341 e. The standard InChI is InChI=1S/C19H15ClN4O2/c1-11-9-16(14-10-17(25)23-22-15(14)7-8-21)24(2)18(11)19(26)12-3-5-13(20)6-4-12/h3-6,9-10H,7H2,1-2H3,(H,23,25). The van der Waals surface area contributed by atoms with E-state index in [1.165, 1.54) is 6.07 Å². The molecule has 0 aliphatic carbocycles. The van der Waals surface area contributed by atoms with Crippen LogP contribution in [0.15, 0.2) is 41.2 Å². The van der Waals surface area contributed by atoms with Crippen molar-refractivity contribution in [3.05, 3.63) is 74.3 Å². The van der Waals surface area contributed by atoms with Gasteiger partial charge in [-0.25, -0.2) is 5.10 Å². The first-order valence-corrected chi connectivity index (χ1v) is 8.22. The van der Waals surface area contributed by atoms with E-state index in [9.17, 15) is 9.59 Å². The number of nitriles is 1. The Morgan fingerprint density at radius 2 is 2.00 bits per heavy atom. The van der Waals surface area contributed by atoms with E-state index in [-0.39, 0.29) is 17.8 Å². The van der Waals surface area contributed by atoms with Crippen LogP contribution in [-0.2, 0) is 13.5 Å². The number of aryl methyl sites for hydroxylation is 1. The molecular formula is C19H15ClN4O2. The lowest BCUT2D eigenvalue weighted by Crippen LogP contribution is -2.13. The van der Waals surface area contributed by atoms with Crippen molar-refractivity contribution in [3.8, 4) is 17.3 Å². The Morgan fingerprint density at radius 3 is 2.65 bits per heavy atom. The summed E-state index contributed by atoms with van der Waals surface area (Å²) < 4.78 is 1.73. The van der Waals surface area contributed by atoms with Gasteiger partial charge in [-0.3, -0.25) is 9.59 Å². The van der Waals surface area contributed by atoms with Crippen molar-refractivity contribution in [3.63, 3.8) is 0 Å². The summed E-state index contributed by atoms with van der Waals surface area (Å²) in [6.07, 6.45) is 0.0524. The van der Waals surface area contributed by atoms with Gasteiger partial charge in [0.05, 0.1) is 29.6 Å². The highest BCUT2D eigenvalue weighted by Crippen LogP contribution is 2.27. The second kappa shape index (κ2) is 6.98. The molecule has 0 amide bonds. The summed E-state index contributed by atoms with van der Waals surface area (Å²) in [5, 5.41) is 15.9. The number of nitrogens with zero attached hydrogens (tertiary/aromatic N) is 3. The summed E-state index contributed by atoms with van der Waals surface area (Å²) >= 11 is 5.89. The van der Waals surface area contributed by atoms with E-state index >= 15 is 0 Å².